The first-order chi connectivity index (χ1) is 5.83. The van der Waals surface area contributed by atoms with Gasteiger partial charge in [0.15, 0.2) is 0 Å². The normalized spacial score (nSPS) is 22.5. The molecule has 0 amide bonds. The van der Waals surface area contributed by atoms with E-state index < -0.39 is 0 Å². The van der Waals surface area contributed by atoms with Gasteiger partial charge < -0.3 is 11.5 Å². The molecule has 1 rings (SSSR count). The molecule has 1 fully saturated rings. The zero-order valence-electron chi connectivity index (χ0n) is 8.02. The van der Waals surface area contributed by atoms with Gasteiger partial charge in [-0.1, -0.05) is 19.3 Å². The quantitative estimate of drug-likeness (QED) is 0.674. The summed E-state index contributed by atoms with van der Waals surface area (Å²) in [5, 5.41) is 0. The molecule has 1 aliphatic carbocycles. The Morgan fingerprint density at radius 1 is 0.833 bits per heavy atom. The number of hydrogen-bond acceptors (Lipinski definition) is 2. The maximum absolute atomic E-state index is 5.63. The second-order valence-corrected chi connectivity index (χ2v) is 4.14. The topological polar surface area (TPSA) is 52.0 Å². The van der Waals surface area contributed by atoms with Crippen molar-refractivity contribution in [3.63, 3.8) is 0 Å². The van der Waals surface area contributed by atoms with Crippen molar-refractivity contribution in [3.8, 4) is 0 Å². The summed E-state index contributed by atoms with van der Waals surface area (Å²) in [6.45, 7) is 1.67. The van der Waals surface area contributed by atoms with E-state index in [1.54, 1.807) is 0 Å². The largest absolute Gasteiger partial charge is 0.330 e. The third kappa shape index (κ3) is 2.46. The van der Waals surface area contributed by atoms with Crippen molar-refractivity contribution in [2.75, 3.05) is 13.1 Å². The van der Waals surface area contributed by atoms with Gasteiger partial charge in [0, 0.05) is 0 Å². The molecule has 1 aliphatic rings. The van der Waals surface area contributed by atoms with Crippen LogP contribution in [0.2, 0.25) is 0 Å². The van der Waals surface area contributed by atoms with Crippen LogP contribution < -0.4 is 11.5 Å². The van der Waals surface area contributed by atoms with Crippen LogP contribution in [0.3, 0.4) is 0 Å². The molecule has 0 aromatic heterocycles. The van der Waals surface area contributed by atoms with Gasteiger partial charge in [-0.2, -0.15) is 0 Å². The Kier molecular flexibility index (Phi) is 4.02. The van der Waals surface area contributed by atoms with E-state index in [1.807, 2.05) is 0 Å². The van der Waals surface area contributed by atoms with Crippen molar-refractivity contribution < 1.29 is 0 Å². The first kappa shape index (κ1) is 10.0. The smallest absolute Gasteiger partial charge is 0.00720 e. The molecule has 0 aromatic carbocycles. The maximum Gasteiger partial charge on any atom is -0.00720 e. The van der Waals surface area contributed by atoms with Crippen LogP contribution in [0.5, 0.6) is 0 Å². The molecule has 0 aromatic rings. The minimum absolute atomic E-state index is 0.530. The Morgan fingerprint density at radius 3 is 1.75 bits per heavy atom. The summed E-state index contributed by atoms with van der Waals surface area (Å²) >= 11 is 0. The Balaban J connectivity index is 2.44. The molecule has 12 heavy (non-hydrogen) atoms. The van der Waals surface area contributed by atoms with Gasteiger partial charge in [-0.05, 0) is 44.2 Å². The van der Waals surface area contributed by atoms with Crippen LogP contribution in [0.1, 0.15) is 44.9 Å². The first-order valence-corrected chi connectivity index (χ1v) is 5.23. The molecule has 0 aliphatic heterocycles. The predicted octanol–water partition coefficient (Wildman–Crippen LogP) is 1.63. The van der Waals surface area contributed by atoms with Gasteiger partial charge >= 0.3 is 0 Å². The third-order valence-corrected chi connectivity index (χ3v) is 3.26. The fourth-order valence-electron chi connectivity index (χ4n) is 2.54. The van der Waals surface area contributed by atoms with Crippen LogP contribution >= 0.6 is 0 Å². The third-order valence-electron chi connectivity index (χ3n) is 3.26. The highest BCUT2D eigenvalue weighted by atomic mass is 14.6. The molecule has 2 nitrogen and oxygen atoms in total. The summed E-state index contributed by atoms with van der Waals surface area (Å²) in [5.41, 5.74) is 11.8. The van der Waals surface area contributed by atoms with Gasteiger partial charge in [0.2, 0.25) is 0 Å². The lowest BCUT2D eigenvalue weighted by Crippen LogP contribution is -2.29. The highest BCUT2D eigenvalue weighted by molar-refractivity contribution is 4.83. The van der Waals surface area contributed by atoms with Gasteiger partial charge in [-0.15, -0.1) is 0 Å². The number of rotatable bonds is 4. The fraction of sp³-hybridized carbons (Fsp3) is 1.00. The summed E-state index contributed by atoms with van der Waals surface area (Å²) in [5.74, 6) is 0. The summed E-state index contributed by atoms with van der Waals surface area (Å²) in [4.78, 5) is 0. The zero-order valence-corrected chi connectivity index (χ0v) is 8.02. The van der Waals surface area contributed by atoms with Crippen LogP contribution in [-0.4, -0.2) is 13.1 Å². The molecule has 2 heteroatoms. The standard InChI is InChI=1S/C10H22N2/c11-8-6-10(7-9-12)4-2-1-3-5-10/h1-9,11-12H2. The monoisotopic (exact) mass is 170 g/mol. The van der Waals surface area contributed by atoms with E-state index in [9.17, 15) is 0 Å². The van der Waals surface area contributed by atoms with E-state index in [1.165, 1.54) is 44.9 Å². The van der Waals surface area contributed by atoms with E-state index in [4.69, 9.17) is 11.5 Å². The van der Waals surface area contributed by atoms with Crippen LogP contribution in [-0.2, 0) is 0 Å². The Labute approximate surface area is 75.7 Å². The van der Waals surface area contributed by atoms with E-state index in [0.717, 1.165) is 13.1 Å². The highest BCUT2D eigenvalue weighted by Crippen LogP contribution is 2.41. The van der Waals surface area contributed by atoms with Crippen LogP contribution in [0.4, 0.5) is 0 Å². The minimum atomic E-state index is 0.530. The SMILES string of the molecule is NCCC1(CCN)CCCCC1. The molecule has 0 unspecified atom stereocenters. The van der Waals surface area contributed by atoms with Gasteiger partial charge in [-0.3, -0.25) is 0 Å². The van der Waals surface area contributed by atoms with Crippen molar-refractivity contribution in [1.82, 2.24) is 0 Å². The van der Waals surface area contributed by atoms with Gasteiger partial charge in [0.1, 0.15) is 0 Å². The first-order valence-electron chi connectivity index (χ1n) is 5.23. The molecule has 0 heterocycles. The van der Waals surface area contributed by atoms with Crippen molar-refractivity contribution in [3.05, 3.63) is 0 Å². The summed E-state index contributed by atoms with van der Waals surface area (Å²) in [7, 11) is 0. The zero-order chi connectivity index (χ0) is 8.86. The maximum atomic E-state index is 5.63. The lowest BCUT2D eigenvalue weighted by molar-refractivity contribution is 0.164. The second kappa shape index (κ2) is 4.83. The van der Waals surface area contributed by atoms with Crippen molar-refractivity contribution in [2.45, 2.75) is 44.9 Å². The number of nitrogens with two attached hydrogens (primary N) is 2. The van der Waals surface area contributed by atoms with Gasteiger partial charge in [-0.25, -0.2) is 0 Å². The molecule has 0 bridgehead atoms. The molecule has 0 spiro atoms. The van der Waals surface area contributed by atoms with Gasteiger partial charge in [0.05, 0.1) is 0 Å². The lowest BCUT2D eigenvalue weighted by atomic mass is 9.70. The molecule has 4 N–H and O–H groups in total. The average Bonchev–Trinajstić information content (AvgIpc) is 2.07. The number of hydrogen-bond donors (Lipinski definition) is 2. The van der Waals surface area contributed by atoms with Crippen molar-refractivity contribution in [2.24, 2.45) is 16.9 Å². The van der Waals surface area contributed by atoms with Crippen molar-refractivity contribution in [1.29, 1.82) is 0 Å². The lowest BCUT2D eigenvalue weighted by Gasteiger charge is -2.37. The molecule has 72 valence electrons. The predicted molar refractivity (Wildman–Crippen MR) is 52.9 cm³/mol. The molecular weight excluding hydrogens is 148 g/mol. The fourth-order valence-corrected chi connectivity index (χ4v) is 2.54. The molecule has 0 radical (unpaired) electrons. The molecule has 0 saturated heterocycles. The Hall–Kier alpha value is -0.0800. The minimum Gasteiger partial charge on any atom is -0.330 e. The van der Waals surface area contributed by atoms with Crippen molar-refractivity contribution >= 4 is 0 Å². The van der Waals surface area contributed by atoms with E-state index in [2.05, 4.69) is 0 Å². The highest BCUT2D eigenvalue weighted by Gasteiger charge is 2.29. The Morgan fingerprint density at radius 2 is 1.33 bits per heavy atom. The summed E-state index contributed by atoms with van der Waals surface area (Å²) in [6.07, 6.45) is 9.29. The van der Waals surface area contributed by atoms with Crippen LogP contribution in [0, 0.1) is 5.41 Å². The molecular formula is C10H22N2. The second-order valence-electron chi connectivity index (χ2n) is 4.14. The van der Waals surface area contributed by atoms with E-state index >= 15 is 0 Å². The van der Waals surface area contributed by atoms with Crippen LogP contribution in [0.25, 0.3) is 0 Å². The Bertz CT molecular complexity index is 101. The molecule has 0 atom stereocenters. The van der Waals surface area contributed by atoms with Gasteiger partial charge in [0.25, 0.3) is 0 Å². The summed E-state index contributed by atoms with van der Waals surface area (Å²) < 4.78 is 0. The molecule has 1 saturated carbocycles. The van der Waals surface area contributed by atoms with Crippen LogP contribution in [0.15, 0.2) is 0 Å². The average molecular weight is 170 g/mol. The van der Waals surface area contributed by atoms with E-state index in [0.29, 0.717) is 5.41 Å². The summed E-state index contributed by atoms with van der Waals surface area (Å²) in [6, 6.07) is 0. The van der Waals surface area contributed by atoms with E-state index in [-0.39, 0.29) is 0 Å².